The number of halogens is 1. The molecule has 0 atom stereocenters. The summed E-state index contributed by atoms with van der Waals surface area (Å²) in [7, 11) is 1.82. The van der Waals surface area contributed by atoms with Crippen molar-refractivity contribution >= 4 is 11.6 Å². The van der Waals surface area contributed by atoms with Crippen LogP contribution in [0.3, 0.4) is 0 Å². The number of hydrogen-bond donors (Lipinski definition) is 0. The first-order chi connectivity index (χ1) is 7.09. The number of rotatable bonds is 1. The summed E-state index contributed by atoms with van der Waals surface area (Å²) in [6.45, 7) is 1.60. The molecule has 0 unspecified atom stereocenters. The third-order valence-corrected chi connectivity index (χ3v) is 2.48. The van der Waals surface area contributed by atoms with Crippen LogP contribution in [0, 0.1) is 6.92 Å². The van der Waals surface area contributed by atoms with Gasteiger partial charge < -0.3 is 8.98 Å². The average Bonchev–Trinajstić information content (AvgIpc) is 2.58. The quantitative estimate of drug-likeness (QED) is 0.745. The molecule has 0 aromatic carbocycles. The molecule has 0 radical (unpaired) electrons. The first-order valence-electron chi connectivity index (χ1n) is 4.38. The lowest BCUT2D eigenvalue weighted by atomic mass is 10.3. The van der Waals surface area contributed by atoms with Gasteiger partial charge in [-0.25, -0.2) is 9.78 Å². The predicted octanol–water partition coefficient (Wildman–Crippen LogP) is 2.00. The van der Waals surface area contributed by atoms with E-state index in [1.54, 1.807) is 17.6 Å². The van der Waals surface area contributed by atoms with Crippen LogP contribution in [0.1, 0.15) is 5.76 Å². The summed E-state index contributed by atoms with van der Waals surface area (Å²) in [5.74, 6) is 0.333. The lowest BCUT2D eigenvalue weighted by Gasteiger charge is -2.02. The molecule has 4 nitrogen and oxygen atoms in total. The Hall–Kier alpha value is -1.55. The third-order valence-electron chi connectivity index (χ3n) is 2.13. The van der Waals surface area contributed by atoms with Gasteiger partial charge in [-0.05, 0) is 19.1 Å². The van der Waals surface area contributed by atoms with Crippen LogP contribution in [-0.4, -0.2) is 9.55 Å². The Bertz CT molecular complexity index is 557. The van der Waals surface area contributed by atoms with Crippen molar-refractivity contribution in [3.8, 4) is 11.4 Å². The van der Waals surface area contributed by atoms with Gasteiger partial charge in [-0.3, -0.25) is 0 Å². The Kier molecular flexibility index (Phi) is 2.36. The van der Waals surface area contributed by atoms with Gasteiger partial charge in [0.25, 0.3) is 0 Å². The molecular formula is C10H9ClN2O2. The van der Waals surface area contributed by atoms with Gasteiger partial charge in [-0.15, -0.1) is 0 Å². The van der Waals surface area contributed by atoms with Gasteiger partial charge in [0.15, 0.2) is 10.8 Å². The largest absolute Gasteiger partial charge is 0.423 e. The van der Waals surface area contributed by atoms with Gasteiger partial charge in [0, 0.05) is 13.2 Å². The Morgan fingerprint density at radius 1 is 1.53 bits per heavy atom. The smallest absolute Gasteiger partial charge is 0.364 e. The maximum atomic E-state index is 11.5. The van der Waals surface area contributed by atoms with Crippen molar-refractivity contribution in [2.24, 2.45) is 7.05 Å². The van der Waals surface area contributed by atoms with Crippen molar-refractivity contribution in [2.45, 2.75) is 6.92 Å². The Labute approximate surface area is 91.1 Å². The Morgan fingerprint density at radius 2 is 2.27 bits per heavy atom. The average molecular weight is 225 g/mol. The van der Waals surface area contributed by atoms with Crippen molar-refractivity contribution in [2.75, 3.05) is 0 Å². The summed E-state index contributed by atoms with van der Waals surface area (Å²) in [4.78, 5) is 15.6. The van der Waals surface area contributed by atoms with Crippen LogP contribution in [-0.2, 0) is 7.05 Å². The zero-order chi connectivity index (χ0) is 11.0. The lowest BCUT2D eigenvalue weighted by Crippen LogP contribution is -2.09. The van der Waals surface area contributed by atoms with Crippen molar-refractivity contribution in [3.63, 3.8) is 0 Å². The summed E-state index contributed by atoms with van der Waals surface area (Å²) in [6.07, 6.45) is 1.82. The number of aromatic nitrogens is 2. The molecule has 0 aliphatic rings. The molecule has 0 spiro atoms. The van der Waals surface area contributed by atoms with E-state index in [0.717, 1.165) is 0 Å². The van der Waals surface area contributed by atoms with E-state index in [1.807, 2.05) is 19.3 Å². The number of nitrogens with zero attached hydrogens (tertiary/aromatic N) is 2. The summed E-state index contributed by atoms with van der Waals surface area (Å²) in [6, 6.07) is 3.61. The molecule has 0 bridgehead atoms. The first-order valence-corrected chi connectivity index (χ1v) is 4.76. The van der Waals surface area contributed by atoms with Crippen LogP contribution in [0.2, 0.25) is 5.15 Å². The Morgan fingerprint density at radius 3 is 2.87 bits per heavy atom. The summed E-state index contributed by atoms with van der Waals surface area (Å²) >= 11 is 5.80. The van der Waals surface area contributed by atoms with Crippen molar-refractivity contribution in [3.05, 3.63) is 39.7 Å². The highest BCUT2D eigenvalue weighted by atomic mass is 35.5. The van der Waals surface area contributed by atoms with Crippen molar-refractivity contribution in [1.29, 1.82) is 0 Å². The fraction of sp³-hybridized carbons (Fsp3) is 0.200. The fourth-order valence-electron chi connectivity index (χ4n) is 1.32. The zero-order valence-corrected chi connectivity index (χ0v) is 9.08. The van der Waals surface area contributed by atoms with Crippen molar-refractivity contribution in [1.82, 2.24) is 9.55 Å². The monoisotopic (exact) mass is 224 g/mol. The molecule has 0 fully saturated rings. The SMILES string of the molecule is Cc1oc(=O)c(-c2cccn2C)nc1Cl. The minimum absolute atomic E-state index is 0.214. The highest BCUT2D eigenvalue weighted by molar-refractivity contribution is 6.30. The van der Waals surface area contributed by atoms with E-state index in [1.165, 1.54) is 0 Å². The van der Waals surface area contributed by atoms with E-state index in [9.17, 15) is 4.79 Å². The second-order valence-electron chi connectivity index (χ2n) is 3.20. The molecule has 0 N–H and O–H groups in total. The van der Waals surface area contributed by atoms with E-state index < -0.39 is 5.63 Å². The fourth-order valence-corrected chi connectivity index (χ4v) is 1.44. The second kappa shape index (κ2) is 3.55. The van der Waals surface area contributed by atoms with Gasteiger partial charge in [-0.2, -0.15) is 0 Å². The van der Waals surface area contributed by atoms with Crippen LogP contribution in [0.5, 0.6) is 0 Å². The molecule has 0 saturated carbocycles. The van der Waals surface area contributed by atoms with Gasteiger partial charge in [0.1, 0.15) is 5.76 Å². The molecule has 0 aliphatic carbocycles. The molecular weight excluding hydrogens is 216 g/mol. The van der Waals surface area contributed by atoms with E-state index in [2.05, 4.69) is 4.98 Å². The summed E-state index contributed by atoms with van der Waals surface area (Å²) < 4.78 is 6.74. The van der Waals surface area contributed by atoms with Crippen LogP contribution in [0.15, 0.2) is 27.5 Å². The van der Waals surface area contributed by atoms with E-state index in [-0.39, 0.29) is 10.8 Å². The normalized spacial score (nSPS) is 10.6. The van der Waals surface area contributed by atoms with Crippen LogP contribution in [0.25, 0.3) is 11.4 Å². The zero-order valence-electron chi connectivity index (χ0n) is 8.32. The molecule has 2 aromatic rings. The Balaban J connectivity index is 2.69. The standard InChI is InChI=1S/C10H9ClN2O2/c1-6-9(11)12-8(10(14)15-6)7-4-3-5-13(7)2/h3-5H,1-2H3. The molecule has 0 amide bonds. The highest BCUT2D eigenvalue weighted by Crippen LogP contribution is 2.17. The number of aryl methyl sites for hydroxylation is 2. The maximum absolute atomic E-state index is 11.5. The molecule has 0 saturated heterocycles. The predicted molar refractivity (Wildman–Crippen MR) is 56.9 cm³/mol. The van der Waals surface area contributed by atoms with Gasteiger partial charge >= 0.3 is 5.63 Å². The van der Waals surface area contributed by atoms with Crippen molar-refractivity contribution < 1.29 is 4.42 Å². The van der Waals surface area contributed by atoms with E-state index >= 15 is 0 Å². The second-order valence-corrected chi connectivity index (χ2v) is 3.56. The molecule has 15 heavy (non-hydrogen) atoms. The molecule has 78 valence electrons. The minimum atomic E-state index is -0.473. The van der Waals surface area contributed by atoms with Crippen LogP contribution >= 0.6 is 11.6 Å². The molecule has 2 heterocycles. The third kappa shape index (κ3) is 1.68. The first kappa shape index (κ1) is 9.98. The van der Waals surface area contributed by atoms with Gasteiger partial charge in [0.05, 0.1) is 5.69 Å². The van der Waals surface area contributed by atoms with Crippen LogP contribution < -0.4 is 5.63 Å². The van der Waals surface area contributed by atoms with Gasteiger partial charge in [0.2, 0.25) is 0 Å². The topological polar surface area (TPSA) is 48.0 Å². The summed E-state index contributed by atoms with van der Waals surface area (Å²) in [5, 5.41) is 0.214. The molecule has 2 aromatic heterocycles. The summed E-state index contributed by atoms with van der Waals surface area (Å²) in [5.41, 5.74) is 0.447. The van der Waals surface area contributed by atoms with E-state index in [4.69, 9.17) is 16.0 Å². The molecule has 5 heteroatoms. The number of hydrogen-bond acceptors (Lipinski definition) is 3. The minimum Gasteiger partial charge on any atom is -0.423 e. The maximum Gasteiger partial charge on any atom is 0.364 e. The van der Waals surface area contributed by atoms with E-state index in [0.29, 0.717) is 11.5 Å². The highest BCUT2D eigenvalue weighted by Gasteiger charge is 2.12. The lowest BCUT2D eigenvalue weighted by molar-refractivity contribution is 0.474. The van der Waals surface area contributed by atoms with Crippen LogP contribution in [0.4, 0.5) is 0 Å². The molecule has 0 aliphatic heterocycles. The van der Waals surface area contributed by atoms with Gasteiger partial charge in [-0.1, -0.05) is 11.6 Å². The molecule has 2 rings (SSSR count).